The third kappa shape index (κ3) is 3.36. The van der Waals surface area contributed by atoms with Gasteiger partial charge in [0.05, 0.1) is 6.07 Å². The van der Waals surface area contributed by atoms with Gasteiger partial charge in [-0.25, -0.2) is 0 Å². The van der Waals surface area contributed by atoms with Crippen molar-refractivity contribution in [2.24, 2.45) is 5.92 Å². The Kier molecular flexibility index (Phi) is 5.01. The first kappa shape index (κ1) is 12.7. The molecule has 2 heteroatoms. The fraction of sp³-hybridized carbons (Fsp3) is 0.500. The Morgan fingerprint density at radius 1 is 1.25 bits per heavy atom. The van der Waals surface area contributed by atoms with Crippen LogP contribution in [0.25, 0.3) is 0 Å². The van der Waals surface area contributed by atoms with Crippen molar-refractivity contribution in [2.45, 2.75) is 33.4 Å². The minimum absolute atomic E-state index is 0.00482. The standard InChI is InChI=1S/C14H20N2/c1-4-16(14(10-15)12(2)3)11-13-8-6-5-7-9-13/h5-9,12,14H,4,11H2,1-3H3. The van der Waals surface area contributed by atoms with Crippen LogP contribution in [0.2, 0.25) is 0 Å². The molecule has 1 unspecified atom stereocenters. The SMILES string of the molecule is CCN(Cc1ccccc1)C(C#N)C(C)C. The van der Waals surface area contributed by atoms with Crippen molar-refractivity contribution in [3.05, 3.63) is 35.9 Å². The van der Waals surface area contributed by atoms with Gasteiger partial charge in [0.2, 0.25) is 0 Å². The van der Waals surface area contributed by atoms with Gasteiger partial charge in [0.15, 0.2) is 0 Å². The van der Waals surface area contributed by atoms with Crippen LogP contribution in [0, 0.1) is 17.2 Å². The summed E-state index contributed by atoms with van der Waals surface area (Å²) in [5.41, 5.74) is 1.27. The molecule has 1 rings (SSSR count). The molecule has 0 aliphatic heterocycles. The van der Waals surface area contributed by atoms with E-state index in [1.807, 2.05) is 18.2 Å². The van der Waals surface area contributed by atoms with Gasteiger partial charge in [0.1, 0.15) is 6.04 Å². The zero-order chi connectivity index (χ0) is 12.0. The minimum Gasteiger partial charge on any atom is -0.284 e. The number of benzene rings is 1. The highest BCUT2D eigenvalue weighted by Crippen LogP contribution is 2.13. The summed E-state index contributed by atoms with van der Waals surface area (Å²) in [5.74, 6) is 0.369. The average Bonchev–Trinajstić information content (AvgIpc) is 2.29. The maximum atomic E-state index is 9.18. The quantitative estimate of drug-likeness (QED) is 0.756. The Morgan fingerprint density at radius 2 is 1.88 bits per heavy atom. The van der Waals surface area contributed by atoms with E-state index in [0.717, 1.165) is 13.1 Å². The molecule has 0 amide bonds. The largest absolute Gasteiger partial charge is 0.284 e. The molecule has 0 fully saturated rings. The van der Waals surface area contributed by atoms with Crippen LogP contribution < -0.4 is 0 Å². The first-order valence-corrected chi connectivity index (χ1v) is 5.86. The van der Waals surface area contributed by atoms with E-state index in [-0.39, 0.29) is 6.04 Å². The summed E-state index contributed by atoms with van der Waals surface area (Å²) in [5, 5.41) is 9.18. The van der Waals surface area contributed by atoms with Gasteiger partial charge in [0.25, 0.3) is 0 Å². The van der Waals surface area contributed by atoms with Crippen molar-refractivity contribution < 1.29 is 0 Å². The molecule has 2 nitrogen and oxygen atoms in total. The number of nitriles is 1. The van der Waals surface area contributed by atoms with Crippen LogP contribution in [0.4, 0.5) is 0 Å². The predicted octanol–water partition coefficient (Wildman–Crippen LogP) is 3.06. The van der Waals surface area contributed by atoms with Crippen molar-refractivity contribution in [3.63, 3.8) is 0 Å². The molecule has 0 aliphatic rings. The third-order valence-electron chi connectivity index (χ3n) is 2.79. The van der Waals surface area contributed by atoms with Crippen LogP contribution in [-0.4, -0.2) is 17.5 Å². The van der Waals surface area contributed by atoms with Crippen molar-refractivity contribution in [2.75, 3.05) is 6.54 Å². The van der Waals surface area contributed by atoms with Gasteiger partial charge in [-0.15, -0.1) is 0 Å². The first-order valence-electron chi connectivity index (χ1n) is 5.86. The molecule has 0 heterocycles. The van der Waals surface area contributed by atoms with Crippen molar-refractivity contribution in [1.29, 1.82) is 5.26 Å². The van der Waals surface area contributed by atoms with Crippen LogP contribution in [0.5, 0.6) is 0 Å². The first-order chi connectivity index (χ1) is 7.69. The smallest absolute Gasteiger partial charge is 0.100 e. The molecule has 16 heavy (non-hydrogen) atoms. The monoisotopic (exact) mass is 216 g/mol. The maximum absolute atomic E-state index is 9.18. The summed E-state index contributed by atoms with van der Waals surface area (Å²) in [4.78, 5) is 2.22. The molecular weight excluding hydrogens is 196 g/mol. The highest BCUT2D eigenvalue weighted by molar-refractivity contribution is 5.15. The fourth-order valence-electron chi connectivity index (χ4n) is 1.88. The van der Waals surface area contributed by atoms with Crippen LogP contribution in [0.1, 0.15) is 26.3 Å². The summed E-state index contributed by atoms with van der Waals surface area (Å²) in [6.07, 6.45) is 0. The van der Waals surface area contributed by atoms with Gasteiger partial charge in [-0.2, -0.15) is 5.26 Å². The van der Waals surface area contributed by atoms with E-state index in [0.29, 0.717) is 5.92 Å². The maximum Gasteiger partial charge on any atom is 0.100 e. The van der Waals surface area contributed by atoms with E-state index in [2.05, 4.69) is 43.9 Å². The van der Waals surface area contributed by atoms with E-state index < -0.39 is 0 Å². The summed E-state index contributed by atoms with van der Waals surface area (Å²) >= 11 is 0. The van der Waals surface area contributed by atoms with E-state index in [4.69, 9.17) is 0 Å². The topological polar surface area (TPSA) is 27.0 Å². The molecule has 0 radical (unpaired) electrons. The van der Waals surface area contributed by atoms with Crippen molar-refractivity contribution in [3.8, 4) is 6.07 Å². The Bertz CT molecular complexity index is 338. The molecule has 0 saturated heterocycles. The molecule has 1 aromatic carbocycles. The Balaban J connectivity index is 2.73. The van der Waals surface area contributed by atoms with Gasteiger partial charge >= 0.3 is 0 Å². The zero-order valence-corrected chi connectivity index (χ0v) is 10.4. The molecule has 1 aromatic rings. The van der Waals surface area contributed by atoms with Crippen LogP contribution in [-0.2, 0) is 6.54 Å². The Morgan fingerprint density at radius 3 is 2.31 bits per heavy atom. The van der Waals surface area contributed by atoms with Crippen LogP contribution in [0.3, 0.4) is 0 Å². The molecule has 0 aromatic heterocycles. The van der Waals surface area contributed by atoms with Crippen LogP contribution >= 0.6 is 0 Å². The molecular formula is C14H20N2. The van der Waals surface area contributed by atoms with Crippen LogP contribution in [0.15, 0.2) is 30.3 Å². The van der Waals surface area contributed by atoms with E-state index in [9.17, 15) is 5.26 Å². The molecule has 0 N–H and O–H groups in total. The summed E-state index contributed by atoms with van der Waals surface area (Å²) < 4.78 is 0. The predicted molar refractivity (Wildman–Crippen MR) is 66.8 cm³/mol. The summed E-state index contributed by atoms with van der Waals surface area (Å²) in [6, 6.07) is 12.7. The zero-order valence-electron chi connectivity index (χ0n) is 10.4. The average molecular weight is 216 g/mol. The lowest BCUT2D eigenvalue weighted by Gasteiger charge is -2.28. The number of nitrogens with zero attached hydrogens (tertiary/aromatic N) is 2. The minimum atomic E-state index is 0.00482. The fourth-order valence-corrected chi connectivity index (χ4v) is 1.88. The molecule has 0 aliphatic carbocycles. The van der Waals surface area contributed by atoms with Gasteiger partial charge in [-0.3, -0.25) is 4.90 Å². The second-order valence-corrected chi connectivity index (χ2v) is 4.37. The lowest BCUT2D eigenvalue weighted by molar-refractivity contribution is 0.196. The van der Waals surface area contributed by atoms with Crippen molar-refractivity contribution >= 4 is 0 Å². The molecule has 0 spiro atoms. The van der Waals surface area contributed by atoms with E-state index in [1.54, 1.807) is 0 Å². The molecule has 0 bridgehead atoms. The second kappa shape index (κ2) is 6.30. The van der Waals surface area contributed by atoms with E-state index in [1.165, 1.54) is 5.56 Å². The van der Waals surface area contributed by atoms with Gasteiger partial charge in [-0.05, 0) is 18.0 Å². The highest BCUT2D eigenvalue weighted by Gasteiger charge is 2.19. The molecule has 1 atom stereocenters. The van der Waals surface area contributed by atoms with Gasteiger partial charge < -0.3 is 0 Å². The number of hydrogen-bond donors (Lipinski definition) is 0. The normalized spacial score (nSPS) is 12.8. The van der Waals surface area contributed by atoms with Crippen molar-refractivity contribution in [1.82, 2.24) is 4.90 Å². The molecule has 86 valence electrons. The number of hydrogen-bond acceptors (Lipinski definition) is 2. The second-order valence-electron chi connectivity index (χ2n) is 4.37. The highest BCUT2D eigenvalue weighted by atomic mass is 15.1. The van der Waals surface area contributed by atoms with Gasteiger partial charge in [-0.1, -0.05) is 51.1 Å². The Hall–Kier alpha value is -1.33. The number of rotatable bonds is 5. The lowest BCUT2D eigenvalue weighted by atomic mass is 10.0. The lowest BCUT2D eigenvalue weighted by Crippen LogP contribution is -2.37. The molecule has 0 saturated carbocycles. The third-order valence-corrected chi connectivity index (χ3v) is 2.79. The van der Waals surface area contributed by atoms with E-state index >= 15 is 0 Å². The summed E-state index contributed by atoms with van der Waals surface area (Å²) in [7, 11) is 0. The summed E-state index contributed by atoms with van der Waals surface area (Å²) in [6.45, 7) is 8.07. The van der Waals surface area contributed by atoms with Gasteiger partial charge in [0, 0.05) is 6.54 Å². The Labute approximate surface area is 98.5 Å².